The molecule has 0 aliphatic heterocycles. The second kappa shape index (κ2) is 6.38. The van der Waals surface area contributed by atoms with Crippen molar-refractivity contribution in [2.45, 2.75) is 32.4 Å². The van der Waals surface area contributed by atoms with Crippen LogP contribution in [0.1, 0.15) is 26.2 Å². The van der Waals surface area contributed by atoms with Gasteiger partial charge in [-0.05, 0) is 42.1 Å². The van der Waals surface area contributed by atoms with Gasteiger partial charge in [0.2, 0.25) is 5.91 Å². The van der Waals surface area contributed by atoms with E-state index in [4.69, 9.17) is 0 Å². The summed E-state index contributed by atoms with van der Waals surface area (Å²) in [6, 6.07) is 5.18. The molecule has 0 spiro atoms. The van der Waals surface area contributed by atoms with E-state index in [1.165, 1.54) is 18.5 Å². The van der Waals surface area contributed by atoms with Crippen LogP contribution in [-0.2, 0) is 4.79 Å². The minimum Gasteiger partial charge on any atom is -0.326 e. The van der Waals surface area contributed by atoms with Crippen molar-refractivity contribution in [3.63, 3.8) is 0 Å². The predicted molar refractivity (Wildman–Crippen MR) is 75.1 cm³/mol. The molecule has 4 nitrogen and oxygen atoms in total. The highest BCUT2D eigenvalue weighted by Crippen LogP contribution is 2.27. The van der Waals surface area contributed by atoms with E-state index in [2.05, 4.69) is 14.9 Å². The van der Waals surface area contributed by atoms with E-state index in [9.17, 15) is 18.0 Å². The van der Waals surface area contributed by atoms with Crippen molar-refractivity contribution in [3.05, 3.63) is 18.2 Å². The minimum absolute atomic E-state index is 0.0657. The van der Waals surface area contributed by atoms with Gasteiger partial charge in [-0.15, -0.1) is 5.10 Å². The highest BCUT2D eigenvalue weighted by molar-refractivity contribution is 7.12. The number of amides is 1. The van der Waals surface area contributed by atoms with E-state index < -0.39 is 18.5 Å². The number of carbonyl (C=O) groups excluding carboxylic acids is 1. The summed E-state index contributed by atoms with van der Waals surface area (Å²) in [6.45, 7) is 1.50. The van der Waals surface area contributed by atoms with E-state index in [0.717, 1.165) is 10.2 Å². The maximum Gasteiger partial charge on any atom is 0.389 e. The Labute approximate surface area is 123 Å². The summed E-state index contributed by atoms with van der Waals surface area (Å²) < 4.78 is 41.2. The normalized spacial score (nSPS) is 13.3. The number of alkyl halides is 3. The lowest BCUT2D eigenvalue weighted by Crippen LogP contribution is -2.16. The Kier molecular flexibility index (Phi) is 4.76. The van der Waals surface area contributed by atoms with Crippen LogP contribution in [0.25, 0.3) is 10.2 Å². The highest BCUT2D eigenvalue weighted by Gasteiger charge is 2.29. The molecule has 114 valence electrons. The number of fused-ring (bicyclic) bond motifs is 1. The Morgan fingerprint density at radius 2 is 2.19 bits per heavy atom. The van der Waals surface area contributed by atoms with E-state index in [-0.39, 0.29) is 18.7 Å². The van der Waals surface area contributed by atoms with Gasteiger partial charge in [-0.3, -0.25) is 4.79 Å². The molecule has 1 N–H and O–H groups in total. The lowest BCUT2D eigenvalue weighted by molar-refractivity contribution is -0.144. The molecule has 21 heavy (non-hydrogen) atoms. The molecule has 0 fully saturated rings. The summed E-state index contributed by atoms with van der Waals surface area (Å²) in [7, 11) is 0. The molecule has 1 aromatic carbocycles. The fourth-order valence-corrected chi connectivity index (χ4v) is 2.55. The van der Waals surface area contributed by atoms with Crippen molar-refractivity contribution in [3.8, 4) is 0 Å². The number of carbonyl (C=O) groups is 1. The SMILES string of the molecule is CC(CCC(=O)Nc1ccc2nnsc2c1)CC(F)(F)F. The number of hydrogen-bond acceptors (Lipinski definition) is 4. The highest BCUT2D eigenvalue weighted by atomic mass is 32.1. The molecule has 0 aliphatic carbocycles. The summed E-state index contributed by atoms with van der Waals surface area (Å²) in [5, 5.41) is 6.55. The van der Waals surface area contributed by atoms with Gasteiger partial charge in [0.15, 0.2) is 0 Å². The molecule has 2 rings (SSSR count). The summed E-state index contributed by atoms with van der Waals surface area (Å²) >= 11 is 1.22. The van der Waals surface area contributed by atoms with Gasteiger partial charge in [0, 0.05) is 18.5 Å². The zero-order valence-corrected chi connectivity index (χ0v) is 12.1. The monoisotopic (exact) mass is 317 g/mol. The van der Waals surface area contributed by atoms with E-state index >= 15 is 0 Å². The number of halogens is 3. The van der Waals surface area contributed by atoms with Crippen molar-refractivity contribution in [1.82, 2.24) is 9.59 Å². The third-order valence-electron chi connectivity index (χ3n) is 2.98. The number of aromatic nitrogens is 2. The van der Waals surface area contributed by atoms with Crippen LogP contribution < -0.4 is 5.32 Å². The first kappa shape index (κ1) is 15.7. The molecule has 1 heterocycles. The van der Waals surface area contributed by atoms with Crippen molar-refractivity contribution in [2.75, 3.05) is 5.32 Å². The lowest BCUT2D eigenvalue weighted by atomic mass is 10.0. The van der Waals surface area contributed by atoms with Gasteiger partial charge in [-0.2, -0.15) is 13.2 Å². The van der Waals surface area contributed by atoms with Gasteiger partial charge in [0.1, 0.15) is 5.52 Å². The van der Waals surface area contributed by atoms with Crippen LogP contribution in [-0.4, -0.2) is 21.7 Å². The first-order valence-electron chi connectivity index (χ1n) is 6.42. The van der Waals surface area contributed by atoms with Gasteiger partial charge in [0.05, 0.1) is 4.70 Å². The molecule has 0 bridgehead atoms. The predicted octanol–water partition coefficient (Wildman–Crippen LogP) is 4.00. The van der Waals surface area contributed by atoms with Crippen molar-refractivity contribution >= 4 is 33.3 Å². The smallest absolute Gasteiger partial charge is 0.326 e. The minimum atomic E-state index is -4.18. The number of nitrogens with one attached hydrogen (secondary N) is 1. The summed E-state index contributed by atoms with van der Waals surface area (Å²) in [6.07, 6.45) is -4.77. The van der Waals surface area contributed by atoms with Crippen LogP contribution in [0, 0.1) is 5.92 Å². The largest absolute Gasteiger partial charge is 0.389 e. The molecule has 2 aromatic rings. The zero-order valence-electron chi connectivity index (χ0n) is 11.3. The Morgan fingerprint density at radius 3 is 2.90 bits per heavy atom. The van der Waals surface area contributed by atoms with E-state index in [1.54, 1.807) is 18.2 Å². The second-order valence-electron chi connectivity index (χ2n) is 4.97. The van der Waals surface area contributed by atoms with Crippen molar-refractivity contribution < 1.29 is 18.0 Å². The Hall–Kier alpha value is -1.70. The molecule has 0 saturated heterocycles. The molecule has 0 radical (unpaired) electrons. The van der Waals surface area contributed by atoms with Gasteiger partial charge in [-0.1, -0.05) is 11.4 Å². The molecule has 1 unspecified atom stereocenters. The van der Waals surface area contributed by atoms with Crippen LogP contribution in [0.4, 0.5) is 18.9 Å². The number of benzene rings is 1. The van der Waals surface area contributed by atoms with Gasteiger partial charge in [-0.25, -0.2) is 0 Å². The topological polar surface area (TPSA) is 54.9 Å². The third kappa shape index (κ3) is 4.96. The lowest BCUT2D eigenvalue weighted by Gasteiger charge is -2.13. The van der Waals surface area contributed by atoms with E-state index in [1.807, 2.05) is 0 Å². The molecule has 0 saturated carbocycles. The average molecular weight is 317 g/mol. The number of nitrogens with zero attached hydrogens (tertiary/aromatic N) is 2. The second-order valence-corrected chi connectivity index (χ2v) is 5.75. The zero-order chi connectivity index (χ0) is 15.5. The Morgan fingerprint density at radius 1 is 1.43 bits per heavy atom. The molecule has 8 heteroatoms. The first-order chi connectivity index (χ1) is 9.83. The van der Waals surface area contributed by atoms with Crippen LogP contribution >= 0.6 is 11.5 Å². The molecule has 0 aliphatic rings. The molecule has 1 atom stereocenters. The molecular weight excluding hydrogens is 303 g/mol. The van der Waals surface area contributed by atoms with Crippen LogP contribution in [0.15, 0.2) is 18.2 Å². The number of hydrogen-bond donors (Lipinski definition) is 1. The fourth-order valence-electron chi connectivity index (χ4n) is 1.95. The number of anilines is 1. The van der Waals surface area contributed by atoms with Crippen molar-refractivity contribution in [2.24, 2.45) is 5.92 Å². The van der Waals surface area contributed by atoms with Gasteiger partial charge in [0.25, 0.3) is 0 Å². The van der Waals surface area contributed by atoms with Gasteiger partial charge < -0.3 is 5.32 Å². The number of rotatable bonds is 5. The maximum absolute atomic E-state index is 12.2. The Balaban J connectivity index is 1.84. The maximum atomic E-state index is 12.2. The molecule has 1 aromatic heterocycles. The van der Waals surface area contributed by atoms with Crippen molar-refractivity contribution in [1.29, 1.82) is 0 Å². The summed E-state index contributed by atoms with van der Waals surface area (Å²) in [5.41, 5.74) is 1.35. The summed E-state index contributed by atoms with van der Waals surface area (Å²) in [5.74, 6) is -0.857. The van der Waals surface area contributed by atoms with Crippen LogP contribution in [0.3, 0.4) is 0 Å². The molecule has 1 amide bonds. The average Bonchev–Trinajstić information content (AvgIpc) is 2.81. The van der Waals surface area contributed by atoms with E-state index in [0.29, 0.717) is 5.69 Å². The first-order valence-corrected chi connectivity index (χ1v) is 7.19. The Bertz CT molecular complexity index is 626. The molecular formula is C13H14F3N3OS. The summed E-state index contributed by atoms with van der Waals surface area (Å²) in [4.78, 5) is 11.7. The third-order valence-corrected chi connectivity index (χ3v) is 3.66. The van der Waals surface area contributed by atoms with Crippen LogP contribution in [0.5, 0.6) is 0 Å². The quantitative estimate of drug-likeness (QED) is 0.907. The fraction of sp³-hybridized carbons (Fsp3) is 0.462. The van der Waals surface area contributed by atoms with Gasteiger partial charge >= 0.3 is 6.18 Å². The van der Waals surface area contributed by atoms with Crippen LogP contribution in [0.2, 0.25) is 0 Å². The standard InChI is InChI=1S/C13H14F3N3OS/c1-8(7-13(14,15)16)2-5-12(20)17-9-3-4-10-11(6-9)21-19-18-10/h3-4,6,8H,2,5,7H2,1H3,(H,17,20).